The number of esters is 2. The number of unbranched alkanes of at least 4 members (excludes halogenated alkanes) is 38. The number of nitrogens with zero attached hydrogens (tertiary/aromatic N) is 1. The third-order valence-corrected chi connectivity index (χ3v) is 13.7. The highest BCUT2D eigenvalue weighted by molar-refractivity contribution is 5.70. The third kappa shape index (κ3) is 48.9. The monoisotopic (exact) mass is 948 g/mol. The van der Waals surface area contributed by atoms with Crippen molar-refractivity contribution in [3.8, 4) is 0 Å². The van der Waals surface area contributed by atoms with Gasteiger partial charge in [0.05, 0.1) is 40.3 Å². The Morgan fingerprint density at radius 3 is 1.07 bits per heavy atom. The zero-order chi connectivity index (χ0) is 49.2. The Labute approximate surface area is 416 Å². The number of quaternary nitrogens is 1. The van der Waals surface area contributed by atoms with Gasteiger partial charge in [-0.2, -0.15) is 0 Å². The zero-order valence-electron chi connectivity index (χ0n) is 45.3. The van der Waals surface area contributed by atoms with Crippen molar-refractivity contribution in [3.05, 3.63) is 12.2 Å². The summed E-state index contributed by atoms with van der Waals surface area (Å²) in [4.78, 5) is 37.2. The molecule has 0 saturated heterocycles. The molecule has 8 nitrogen and oxygen atoms in total. The summed E-state index contributed by atoms with van der Waals surface area (Å²) in [6, 6.07) is -0.723. The molecule has 396 valence electrons. The number of aliphatic carboxylic acids is 1. The Morgan fingerprint density at radius 1 is 0.433 bits per heavy atom. The minimum absolute atomic E-state index is 0.0461. The first kappa shape index (κ1) is 65.1. The molecule has 0 saturated carbocycles. The van der Waals surface area contributed by atoms with E-state index in [-0.39, 0.29) is 42.7 Å². The van der Waals surface area contributed by atoms with E-state index in [0.717, 1.165) is 38.5 Å². The van der Waals surface area contributed by atoms with Gasteiger partial charge in [-0.05, 0) is 38.5 Å². The summed E-state index contributed by atoms with van der Waals surface area (Å²) in [5.41, 5.74) is 0. The van der Waals surface area contributed by atoms with Gasteiger partial charge in [-0.3, -0.25) is 9.59 Å². The molecule has 0 bridgehead atoms. The molecule has 2 unspecified atom stereocenters. The lowest BCUT2D eigenvalue weighted by Crippen LogP contribution is -2.55. The zero-order valence-corrected chi connectivity index (χ0v) is 45.3. The molecule has 0 amide bonds. The molecule has 67 heavy (non-hydrogen) atoms. The van der Waals surface area contributed by atoms with E-state index >= 15 is 0 Å². The van der Waals surface area contributed by atoms with Crippen molar-refractivity contribution in [1.82, 2.24) is 0 Å². The fourth-order valence-electron chi connectivity index (χ4n) is 9.13. The summed E-state index contributed by atoms with van der Waals surface area (Å²) in [5, 5.41) is 11.7. The lowest BCUT2D eigenvalue weighted by Gasteiger charge is -2.34. The first-order chi connectivity index (χ1) is 32.6. The molecule has 0 aromatic carbocycles. The highest BCUT2D eigenvalue weighted by atomic mass is 16.6. The number of carboxylic acids is 1. The van der Waals surface area contributed by atoms with Crippen molar-refractivity contribution >= 4 is 17.9 Å². The highest BCUT2D eigenvalue weighted by Gasteiger charge is 2.25. The summed E-state index contributed by atoms with van der Waals surface area (Å²) in [7, 11) is 5.44. The van der Waals surface area contributed by atoms with Crippen molar-refractivity contribution in [2.45, 2.75) is 309 Å². The largest absolute Gasteiger partial charge is 0.544 e. The summed E-state index contributed by atoms with van der Waals surface area (Å²) < 4.78 is 17.3. The van der Waals surface area contributed by atoms with Gasteiger partial charge in [0, 0.05) is 19.3 Å². The van der Waals surface area contributed by atoms with Gasteiger partial charge in [0.2, 0.25) is 0 Å². The maximum atomic E-state index is 12.8. The third-order valence-electron chi connectivity index (χ3n) is 13.7. The Morgan fingerprint density at radius 2 is 0.746 bits per heavy atom. The van der Waals surface area contributed by atoms with Crippen molar-refractivity contribution in [3.63, 3.8) is 0 Å². The Balaban J connectivity index is 4.12. The molecule has 0 heterocycles. The molecule has 0 spiro atoms. The molecule has 0 aromatic heterocycles. The van der Waals surface area contributed by atoms with Crippen LogP contribution in [0.15, 0.2) is 12.2 Å². The molecular weight excluding hydrogens is 835 g/mol. The standard InChI is InChI=1S/C59H113NO7/c1-6-8-10-12-14-16-18-20-22-24-26-28-29-30-32-34-36-38-40-42-44-46-48-50-58(62)67-55(53-65-52-51-56(59(63)64)60(3,4)5)54-66-57(61)49-47-45-43-41-39-37-35-33-31-27-25-23-21-19-17-15-13-11-9-7-2/h27,31,55-56H,6-26,28-30,32-54H2,1-5H3/b31-27+. The number of likely N-dealkylation sites (N-methyl/N-ethyl adjacent to an activating group) is 1. The van der Waals surface area contributed by atoms with E-state index in [1.54, 1.807) is 0 Å². The summed E-state index contributed by atoms with van der Waals surface area (Å²) >= 11 is 0. The number of hydrogen-bond donors (Lipinski definition) is 0. The number of rotatable bonds is 54. The van der Waals surface area contributed by atoms with E-state index in [9.17, 15) is 19.5 Å². The van der Waals surface area contributed by atoms with Crippen LogP contribution in [0.2, 0.25) is 0 Å². The van der Waals surface area contributed by atoms with Crippen molar-refractivity contribution in [2.75, 3.05) is 41.0 Å². The van der Waals surface area contributed by atoms with Gasteiger partial charge >= 0.3 is 11.9 Å². The Bertz CT molecular complexity index is 1100. The van der Waals surface area contributed by atoms with E-state index in [1.165, 1.54) is 225 Å². The first-order valence-corrected chi connectivity index (χ1v) is 29.2. The molecule has 0 N–H and O–H groups in total. The molecule has 0 radical (unpaired) electrons. The number of carboxylic acid groups (broad SMARTS) is 1. The number of hydrogen-bond acceptors (Lipinski definition) is 7. The van der Waals surface area contributed by atoms with Crippen molar-refractivity contribution < 1.29 is 38.2 Å². The van der Waals surface area contributed by atoms with Gasteiger partial charge in [0.25, 0.3) is 0 Å². The van der Waals surface area contributed by atoms with Gasteiger partial charge in [-0.15, -0.1) is 0 Å². The average Bonchev–Trinajstić information content (AvgIpc) is 3.29. The van der Waals surface area contributed by atoms with Gasteiger partial charge in [-0.25, -0.2) is 0 Å². The first-order valence-electron chi connectivity index (χ1n) is 29.2. The second kappa shape index (κ2) is 50.5. The van der Waals surface area contributed by atoms with Gasteiger partial charge < -0.3 is 28.6 Å². The molecule has 0 aliphatic carbocycles. The number of carbonyl (C=O) groups is 3. The van der Waals surface area contributed by atoms with Crippen LogP contribution in [0.4, 0.5) is 0 Å². The summed E-state index contributed by atoms with van der Waals surface area (Å²) in [6.07, 6.45) is 58.3. The number of ether oxygens (including phenoxy) is 3. The summed E-state index contributed by atoms with van der Waals surface area (Å²) in [5.74, 6) is -1.71. The van der Waals surface area contributed by atoms with E-state index in [0.29, 0.717) is 12.8 Å². The maximum Gasteiger partial charge on any atom is 0.306 e. The van der Waals surface area contributed by atoms with Crippen LogP contribution in [0, 0.1) is 0 Å². The molecular formula is C59H113NO7. The molecule has 0 aromatic rings. The van der Waals surface area contributed by atoms with Crippen LogP contribution < -0.4 is 5.11 Å². The Kier molecular flexibility index (Phi) is 49.0. The molecule has 2 atom stereocenters. The summed E-state index contributed by atoms with van der Waals surface area (Å²) in [6.45, 7) is 4.73. The van der Waals surface area contributed by atoms with Crippen LogP contribution in [0.1, 0.15) is 296 Å². The maximum absolute atomic E-state index is 12.8. The second-order valence-corrected chi connectivity index (χ2v) is 21.2. The fourth-order valence-corrected chi connectivity index (χ4v) is 9.13. The van der Waals surface area contributed by atoms with Gasteiger partial charge in [0.1, 0.15) is 12.6 Å². The molecule has 0 fully saturated rings. The van der Waals surface area contributed by atoms with Crippen molar-refractivity contribution in [2.24, 2.45) is 0 Å². The lowest BCUT2D eigenvalue weighted by molar-refractivity contribution is -0.889. The van der Waals surface area contributed by atoms with Crippen LogP contribution in [0.25, 0.3) is 0 Å². The van der Waals surface area contributed by atoms with Crippen LogP contribution >= 0.6 is 0 Å². The molecule has 0 aliphatic rings. The average molecular weight is 949 g/mol. The lowest BCUT2D eigenvalue weighted by atomic mass is 10.0. The van der Waals surface area contributed by atoms with Crippen molar-refractivity contribution in [1.29, 1.82) is 0 Å². The minimum Gasteiger partial charge on any atom is -0.544 e. The van der Waals surface area contributed by atoms with Crippen LogP contribution in [-0.2, 0) is 28.6 Å². The fraction of sp³-hybridized carbons (Fsp3) is 0.915. The molecule has 8 heteroatoms. The van der Waals surface area contributed by atoms with Crippen LogP contribution in [-0.4, -0.2) is 75.5 Å². The van der Waals surface area contributed by atoms with Crippen LogP contribution in [0.3, 0.4) is 0 Å². The second-order valence-electron chi connectivity index (χ2n) is 21.2. The van der Waals surface area contributed by atoms with E-state index < -0.39 is 18.1 Å². The van der Waals surface area contributed by atoms with Crippen LogP contribution in [0.5, 0.6) is 0 Å². The number of carbonyl (C=O) groups excluding carboxylic acids is 3. The van der Waals surface area contributed by atoms with E-state index in [1.807, 2.05) is 21.1 Å². The quantitative estimate of drug-likeness (QED) is 0.0259. The highest BCUT2D eigenvalue weighted by Crippen LogP contribution is 2.18. The van der Waals surface area contributed by atoms with E-state index in [4.69, 9.17) is 14.2 Å². The minimum atomic E-state index is -1.12. The van der Waals surface area contributed by atoms with Gasteiger partial charge in [-0.1, -0.05) is 251 Å². The van der Waals surface area contributed by atoms with Gasteiger partial charge in [0.15, 0.2) is 6.10 Å². The predicted octanol–water partition coefficient (Wildman–Crippen LogP) is 16.0. The molecule has 0 aliphatic heterocycles. The SMILES string of the molecule is CCCCCCCCCCC/C=C/CCCCCCCCCC(=O)OCC(COCCC(C(=O)[O-])[N+](C)(C)C)OC(=O)CCCCCCCCCCCCCCCCCCCCCCCCC. The smallest absolute Gasteiger partial charge is 0.306 e. The Hall–Kier alpha value is -1.93. The normalized spacial score (nSPS) is 12.8. The molecule has 0 rings (SSSR count). The number of allylic oxidation sites excluding steroid dienone is 2. The van der Waals surface area contributed by atoms with E-state index in [2.05, 4.69) is 26.0 Å². The topological polar surface area (TPSA) is 102 Å². The predicted molar refractivity (Wildman–Crippen MR) is 282 cm³/mol.